The van der Waals surface area contributed by atoms with Crippen LogP contribution >= 0.6 is 0 Å². The van der Waals surface area contributed by atoms with Gasteiger partial charge in [-0.1, -0.05) is 6.92 Å². The minimum Gasteiger partial charge on any atom is -0.396 e. The highest BCUT2D eigenvalue weighted by molar-refractivity contribution is 5.95. The summed E-state index contributed by atoms with van der Waals surface area (Å²) in [5, 5.41) is 12.5. The van der Waals surface area contributed by atoms with Crippen LogP contribution < -0.4 is 5.32 Å². The molecule has 4 heteroatoms. The van der Waals surface area contributed by atoms with Gasteiger partial charge in [-0.2, -0.15) is 0 Å². The van der Waals surface area contributed by atoms with E-state index in [0.717, 1.165) is 42.7 Å². The van der Waals surface area contributed by atoms with E-state index >= 15 is 0 Å². The Balaban J connectivity index is 2.05. The first-order chi connectivity index (χ1) is 9.65. The molecule has 0 radical (unpaired) electrons. The first kappa shape index (κ1) is 14.9. The van der Waals surface area contributed by atoms with Crippen molar-refractivity contribution in [2.75, 3.05) is 31.6 Å². The van der Waals surface area contributed by atoms with Gasteiger partial charge in [0.2, 0.25) is 0 Å². The van der Waals surface area contributed by atoms with Gasteiger partial charge in [-0.3, -0.25) is 4.79 Å². The monoisotopic (exact) mass is 276 g/mol. The Hall–Kier alpha value is -1.55. The van der Waals surface area contributed by atoms with Gasteiger partial charge in [0.05, 0.1) is 0 Å². The summed E-state index contributed by atoms with van der Waals surface area (Å²) in [7, 11) is 0. The fourth-order valence-electron chi connectivity index (χ4n) is 2.60. The van der Waals surface area contributed by atoms with E-state index in [1.54, 1.807) is 0 Å². The minimum absolute atomic E-state index is 0.0751. The van der Waals surface area contributed by atoms with E-state index in [-0.39, 0.29) is 18.4 Å². The summed E-state index contributed by atoms with van der Waals surface area (Å²) in [6.07, 6.45) is 1.98. The molecule has 2 N–H and O–H groups in total. The maximum absolute atomic E-state index is 12.4. The average molecular weight is 276 g/mol. The molecule has 1 aromatic rings. The van der Waals surface area contributed by atoms with Gasteiger partial charge in [0.25, 0.3) is 5.91 Å². The first-order valence-corrected chi connectivity index (χ1v) is 7.40. The molecule has 1 amide bonds. The molecular weight excluding hydrogens is 252 g/mol. The molecule has 1 fully saturated rings. The highest BCUT2D eigenvalue weighted by Gasteiger charge is 2.26. The third kappa shape index (κ3) is 3.31. The normalized spacial score (nSPS) is 18.4. The molecule has 4 nitrogen and oxygen atoms in total. The molecule has 0 aromatic heterocycles. The smallest absolute Gasteiger partial charge is 0.253 e. The van der Waals surface area contributed by atoms with Crippen LogP contribution in [0.5, 0.6) is 0 Å². The summed E-state index contributed by atoms with van der Waals surface area (Å²) in [6, 6.07) is 5.82. The van der Waals surface area contributed by atoms with Gasteiger partial charge in [0, 0.05) is 43.4 Å². The number of carbonyl (C=O) groups is 1. The first-order valence-electron chi connectivity index (χ1n) is 7.40. The summed E-state index contributed by atoms with van der Waals surface area (Å²) in [4.78, 5) is 14.3. The number of anilines is 1. The third-order valence-corrected chi connectivity index (χ3v) is 3.87. The van der Waals surface area contributed by atoms with Crippen molar-refractivity contribution in [3.63, 3.8) is 0 Å². The van der Waals surface area contributed by atoms with Gasteiger partial charge in [-0.15, -0.1) is 0 Å². The largest absolute Gasteiger partial charge is 0.396 e. The van der Waals surface area contributed by atoms with E-state index in [0.29, 0.717) is 6.54 Å². The highest BCUT2D eigenvalue weighted by atomic mass is 16.3. The van der Waals surface area contributed by atoms with Gasteiger partial charge < -0.3 is 15.3 Å². The van der Waals surface area contributed by atoms with Crippen molar-refractivity contribution in [3.05, 3.63) is 29.3 Å². The van der Waals surface area contributed by atoms with Crippen LogP contribution in [0.1, 0.15) is 35.7 Å². The third-order valence-electron chi connectivity index (χ3n) is 3.87. The van der Waals surface area contributed by atoms with E-state index < -0.39 is 0 Å². The van der Waals surface area contributed by atoms with Crippen LogP contribution in [0.3, 0.4) is 0 Å². The number of aliphatic hydroxyl groups excluding tert-OH is 1. The Morgan fingerprint density at radius 2 is 2.30 bits per heavy atom. The number of benzene rings is 1. The number of aliphatic hydroxyl groups is 1. The molecule has 0 saturated carbocycles. The lowest BCUT2D eigenvalue weighted by atomic mass is 10.1. The molecule has 0 aliphatic carbocycles. The van der Waals surface area contributed by atoms with Crippen molar-refractivity contribution < 1.29 is 9.90 Å². The van der Waals surface area contributed by atoms with Gasteiger partial charge in [-0.05, 0) is 43.5 Å². The van der Waals surface area contributed by atoms with Crippen LogP contribution in [0.15, 0.2) is 18.2 Å². The van der Waals surface area contributed by atoms with E-state index in [2.05, 4.69) is 12.2 Å². The van der Waals surface area contributed by atoms with Crippen LogP contribution in [-0.2, 0) is 0 Å². The summed E-state index contributed by atoms with van der Waals surface area (Å²) in [5.74, 6) is 0.316. The van der Waals surface area contributed by atoms with Crippen molar-refractivity contribution in [3.8, 4) is 0 Å². The number of hydrogen-bond acceptors (Lipinski definition) is 3. The zero-order valence-electron chi connectivity index (χ0n) is 12.4. The molecule has 20 heavy (non-hydrogen) atoms. The minimum atomic E-state index is 0.0751. The number of likely N-dealkylation sites (tertiary alicyclic amines) is 1. The van der Waals surface area contributed by atoms with Crippen LogP contribution in [0.2, 0.25) is 0 Å². The molecule has 1 atom stereocenters. The Bertz CT molecular complexity index is 474. The Morgan fingerprint density at radius 3 is 2.90 bits per heavy atom. The molecule has 1 saturated heterocycles. The van der Waals surface area contributed by atoms with Crippen molar-refractivity contribution in [2.24, 2.45) is 5.92 Å². The van der Waals surface area contributed by atoms with E-state index in [9.17, 15) is 4.79 Å². The van der Waals surface area contributed by atoms with Crippen LogP contribution in [0.4, 0.5) is 5.69 Å². The maximum atomic E-state index is 12.4. The number of rotatable bonds is 5. The molecule has 1 aliphatic heterocycles. The van der Waals surface area contributed by atoms with Gasteiger partial charge >= 0.3 is 0 Å². The number of nitrogens with one attached hydrogen (secondary N) is 1. The zero-order chi connectivity index (χ0) is 14.5. The quantitative estimate of drug-likeness (QED) is 0.867. The maximum Gasteiger partial charge on any atom is 0.253 e. The number of hydrogen-bond donors (Lipinski definition) is 2. The molecule has 1 unspecified atom stereocenters. The average Bonchev–Trinajstić information content (AvgIpc) is 2.94. The molecule has 1 aliphatic rings. The SMILES string of the molecule is CCCNc1ccc(C(=O)N2CCC(CO)C2)cc1C. The van der Waals surface area contributed by atoms with Gasteiger partial charge in [0.15, 0.2) is 0 Å². The van der Waals surface area contributed by atoms with Crippen LogP contribution in [0.25, 0.3) is 0 Å². The zero-order valence-corrected chi connectivity index (χ0v) is 12.4. The van der Waals surface area contributed by atoms with Gasteiger partial charge in [0.1, 0.15) is 0 Å². The number of aryl methyl sites for hydroxylation is 1. The summed E-state index contributed by atoms with van der Waals surface area (Å²) >= 11 is 0. The van der Waals surface area contributed by atoms with Crippen molar-refractivity contribution >= 4 is 11.6 Å². The number of nitrogens with zero attached hydrogens (tertiary/aromatic N) is 1. The highest BCUT2D eigenvalue weighted by Crippen LogP contribution is 2.21. The molecule has 1 heterocycles. The fraction of sp³-hybridized carbons (Fsp3) is 0.562. The Morgan fingerprint density at radius 1 is 1.50 bits per heavy atom. The summed E-state index contributed by atoms with van der Waals surface area (Å²) < 4.78 is 0. The van der Waals surface area contributed by atoms with Gasteiger partial charge in [-0.25, -0.2) is 0 Å². The van der Waals surface area contributed by atoms with E-state index in [1.165, 1.54) is 0 Å². The Kier molecular flexibility index (Phi) is 5.01. The second-order valence-electron chi connectivity index (χ2n) is 5.54. The van der Waals surface area contributed by atoms with Crippen LogP contribution in [0, 0.1) is 12.8 Å². The van der Waals surface area contributed by atoms with Crippen molar-refractivity contribution in [1.82, 2.24) is 4.90 Å². The number of amides is 1. The Labute approximate surface area is 120 Å². The molecule has 110 valence electrons. The molecule has 2 rings (SSSR count). The number of carbonyl (C=O) groups excluding carboxylic acids is 1. The predicted octanol–water partition coefficient (Wildman–Crippen LogP) is 2.27. The van der Waals surface area contributed by atoms with E-state index in [1.807, 2.05) is 30.0 Å². The van der Waals surface area contributed by atoms with Crippen molar-refractivity contribution in [2.45, 2.75) is 26.7 Å². The standard InChI is InChI=1S/C16H24N2O2/c1-3-7-17-15-5-4-14(9-12(15)2)16(20)18-8-6-13(10-18)11-19/h4-5,9,13,17,19H,3,6-8,10-11H2,1-2H3. The lowest BCUT2D eigenvalue weighted by molar-refractivity contribution is 0.0782. The van der Waals surface area contributed by atoms with Crippen molar-refractivity contribution in [1.29, 1.82) is 0 Å². The topological polar surface area (TPSA) is 52.6 Å². The summed E-state index contributed by atoms with van der Waals surface area (Å²) in [6.45, 7) is 6.69. The molecular formula is C16H24N2O2. The second kappa shape index (κ2) is 6.75. The van der Waals surface area contributed by atoms with Crippen LogP contribution in [-0.4, -0.2) is 42.2 Å². The lowest BCUT2D eigenvalue weighted by Crippen LogP contribution is -2.29. The summed E-state index contributed by atoms with van der Waals surface area (Å²) in [5.41, 5.74) is 2.93. The second-order valence-corrected chi connectivity index (χ2v) is 5.54. The van der Waals surface area contributed by atoms with E-state index in [4.69, 9.17) is 5.11 Å². The molecule has 0 spiro atoms. The fourth-order valence-corrected chi connectivity index (χ4v) is 2.60. The molecule has 1 aromatic carbocycles. The lowest BCUT2D eigenvalue weighted by Gasteiger charge is -2.17. The predicted molar refractivity (Wildman–Crippen MR) is 81.1 cm³/mol. The molecule has 0 bridgehead atoms.